The summed E-state index contributed by atoms with van der Waals surface area (Å²) < 4.78 is 0. The number of nitrogens with one attached hydrogen (secondary N) is 4. The second-order valence-corrected chi connectivity index (χ2v) is 17.6. The van der Waals surface area contributed by atoms with Crippen molar-refractivity contribution in [2.75, 3.05) is 21.3 Å². The minimum absolute atomic E-state index is 0.00131. The molecule has 0 heterocycles. The number of rotatable bonds is 16. The first-order valence-corrected chi connectivity index (χ1v) is 23.6. The van der Waals surface area contributed by atoms with Gasteiger partial charge in [0.2, 0.25) is 0 Å². The summed E-state index contributed by atoms with van der Waals surface area (Å²) in [5.74, 6) is -4.67. The van der Waals surface area contributed by atoms with Gasteiger partial charge < -0.3 is 31.5 Å². The van der Waals surface area contributed by atoms with Crippen LogP contribution in [0.25, 0.3) is 21.5 Å². The fraction of sp³-hybridized carbons (Fsp3) is 0. The number of amides is 4. The Bertz CT molecular complexity index is 4250. The average Bonchev–Trinajstić information content (AvgIpc) is 3.59. The monoisotopic (exact) mass is 1110 g/mol. The molecule has 9 rings (SSSR count). The molecule has 0 bridgehead atoms. The van der Waals surface area contributed by atoms with Crippen molar-refractivity contribution in [3.63, 3.8) is 0 Å². The number of hydrogen-bond donors (Lipinski definition) is 6. The summed E-state index contributed by atoms with van der Waals surface area (Å²) in [6, 6.07) is 35.2. The number of nitro benzene ring substituents is 4. The largest absolute Gasteiger partial charge is 0.505 e. The Morgan fingerprint density at radius 2 is 0.765 bits per heavy atom. The number of azo groups is 2. The molecule has 0 aromatic heterocycles. The zero-order valence-corrected chi connectivity index (χ0v) is 41.6. The number of carbonyl (C=O) groups is 4. The Morgan fingerprint density at radius 1 is 0.407 bits per heavy atom. The van der Waals surface area contributed by atoms with E-state index in [0.29, 0.717) is 0 Å². The van der Waals surface area contributed by atoms with Crippen molar-refractivity contribution in [2.24, 2.45) is 20.5 Å². The third-order valence-electron chi connectivity index (χ3n) is 11.9. The standard InChI is InChI=1S/C54H33ClN12O14/c55-45-27-36(60-62-47-41-16-13-28(51(70)56-32-5-1-9-37(23-32)64(74)75)19-30(41)21-43(49(47)68)53(72)58-34-7-3-11-39(25-34)66(78)79)15-18-46(45)61-63-48-42-17-14-29(52(71)57-33-6-2-10-38(24-33)65(76)77)20-31(42)22-44(50(48)69)54(73)59-35-8-4-12-40(26-35)67(80)81/h1-27,68-69H,(H,56,70)(H,57,71)(H,58,72)(H,59,73). The second-order valence-electron chi connectivity index (χ2n) is 17.2. The number of aromatic hydroxyl groups is 2. The lowest BCUT2D eigenvalue weighted by atomic mass is 10.00. The van der Waals surface area contributed by atoms with E-state index in [2.05, 4.69) is 41.7 Å². The van der Waals surface area contributed by atoms with E-state index in [1.54, 1.807) is 0 Å². The highest BCUT2D eigenvalue weighted by Gasteiger charge is 2.24. The molecule has 0 unspecified atom stereocenters. The first-order valence-electron chi connectivity index (χ1n) is 23.3. The van der Waals surface area contributed by atoms with E-state index in [9.17, 15) is 69.8 Å². The molecule has 26 nitrogen and oxygen atoms in total. The molecule has 9 aromatic carbocycles. The van der Waals surface area contributed by atoms with Crippen LogP contribution in [-0.2, 0) is 0 Å². The van der Waals surface area contributed by atoms with Crippen LogP contribution in [0.2, 0.25) is 5.02 Å². The molecule has 0 saturated carbocycles. The molecule has 0 aliphatic rings. The van der Waals surface area contributed by atoms with Crippen molar-refractivity contribution in [3.8, 4) is 11.5 Å². The van der Waals surface area contributed by atoms with E-state index < -0.39 is 65.9 Å². The Labute approximate surface area is 457 Å². The van der Waals surface area contributed by atoms with Crippen LogP contribution >= 0.6 is 11.6 Å². The van der Waals surface area contributed by atoms with E-state index in [-0.39, 0.29) is 106 Å². The van der Waals surface area contributed by atoms with Crippen LogP contribution in [-0.4, -0.2) is 53.5 Å². The number of halogens is 1. The molecule has 0 atom stereocenters. The number of hydrogen-bond acceptors (Lipinski definition) is 18. The molecule has 0 aliphatic heterocycles. The number of fused-ring (bicyclic) bond motifs is 2. The van der Waals surface area contributed by atoms with Gasteiger partial charge in [0, 0.05) is 93.2 Å². The summed E-state index contributed by atoms with van der Waals surface area (Å²) in [7, 11) is 0. The normalized spacial score (nSPS) is 11.1. The van der Waals surface area contributed by atoms with Gasteiger partial charge in [-0.05, 0) is 89.6 Å². The van der Waals surface area contributed by atoms with Crippen molar-refractivity contribution in [2.45, 2.75) is 0 Å². The van der Waals surface area contributed by atoms with Crippen LogP contribution in [0, 0.1) is 40.5 Å². The van der Waals surface area contributed by atoms with Gasteiger partial charge in [-0.1, -0.05) is 48.0 Å². The third kappa shape index (κ3) is 12.0. The highest BCUT2D eigenvalue weighted by atomic mass is 35.5. The summed E-state index contributed by atoms with van der Waals surface area (Å²) >= 11 is 6.69. The smallest absolute Gasteiger partial charge is 0.271 e. The maximum absolute atomic E-state index is 13.8. The van der Waals surface area contributed by atoms with Gasteiger partial charge in [-0.15, -0.1) is 15.3 Å². The number of carbonyl (C=O) groups excluding carboxylic acids is 4. The number of anilines is 4. The summed E-state index contributed by atoms with van der Waals surface area (Å²) in [6.45, 7) is 0. The lowest BCUT2D eigenvalue weighted by Gasteiger charge is -2.13. The van der Waals surface area contributed by atoms with Gasteiger partial charge in [0.05, 0.1) is 41.5 Å². The summed E-state index contributed by atoms with van der Waals surface area (Å²) in [6.07, 6.45) is 0. The van der Waals surface area contributed by atoms with Crippen LogP contribution in [0.1, 0.15) is 41.4 Å². The molecular weight excluding hydrogens is 1080 g/mol. The molecule has 0 radical (unpaired) electrons. The van der Waals surface area contributed by atoms with Gasteiger partial charge in [0.25, 0.3) is 46.4 Å². The molecule has 0 spiro atoms. The second kappa shape index (κ2) is 22.7. The molecule has 0 aliphatic carbocycles. The number of nitro groups is 4. The van der Waals surface area contributed by atoms with E-state index >= 15 is 0 Å². The predicted molar refractivity (Wildman–Crippen MR) is 295 cm³/mol. The zero-order valence-electron chi connectivity index (χ0n) is 40.8. The maximum Gasteiger partial charge on any atom is 0.271 e. The Hall–Kier alpha value is -11.9. The van der Waals surface area contributed by atoms with Gasteiger partial charge in [-0.2, -0.15) is 5.11 Å². The highest BCUT2D eigenvalue weighted by molar-refractivity contribution is 6.33. The SMILES string of the molecule is O=C(Nc1cccc([N+](=O)[O-])c1)c1ccc2c(N=Nc3ccc(N=Nc4c(O)c(C(=O)Nc5cccc([N+](=O)[O-])c5)cc5cc(C(=O)Nc6cccc([N+](=O)[O-])c6)ccc45)c(Cl)c3)c(O)c(C(=O)Nc3cccc([N+](=O)[O-])c3)cc2c1. The molecule has 6 N–H and O–H groups in total. The van der Waals surface area contributed by atoms with E-state index in [0.717, 1.165) is 24.3 Å². The number of non-ortho nitro benzene ring substituents is 4. The summed E-state index contributed by atoms with van der Waals surface area (Å²) in [5, 5.41) is 96.6. The van der Waals surface area contributed by atoms with Crippen LogP contribution in [0.15, 0.2) is 184 Å². The van der Waals surface area contributed by atoms with Crippen molar-refractivity contribution in [3.05, 3.63) is 232 Å². The Kier molecular flexibility index (Phi) is 15.1. The topological polar surface area (TPSA) is 379 Å². The molecule has 0 saturated heterocycles. The fourth-order valence-electron chi connectivity index (χ4n) is 8.03. The molecular formula is C54H33ClN12O14. The lowest BCUT2D eigenvalue weighted by Crippen LogP contribution is -2.13. The molecule has 9 aromatic rings. The molecule has 4 amide bonds. The summed E-state index contributed by atoms with van der Waals surface area (Å²) in [4.78, 5) is 97.5. The van der Waals surface area contributed by atoms with E-state index in [4.69, 9.17) is 11.6 Å². The van der Waals surface area contributed by atoms with E-state index in [1.165, 1.54) is 140 Å². The number of nitrogens with zero attached hydrogens (tertiary/aromatic N) is 8. The van der Waals surface area contributed by atoms with Gasteiger partial charge in [-0.25, -0.2) is 0 Å². The first kappa shape index (κ1) is 53.9. The molecule has 81 heavy (non-hydrogen) atoms. The highest BCUT2D eigenvalue weighted by Crippen LogP contribution is 2.43. The zero-order chi connectivity index (χ0) is 57.6. The third-order valence-corrected chi connectivity index (χ3v) is 12.2. The molecule has 0 fully saturated rings. The molecule has 400 valence electrons. The van der Waals surface area contributed by atoms with Crippen molar-refractivity contribution in [1.82, 2.24) is 0 Å². The van der Waals surface area contributed by atoms with Crippen molar-refractivity contribution >= 4 is 125 Å². The van der Waals surface area contributed by atoms with E-state index in [1.807, 2.05) is 0 Å². The minimum Gasteiger partial charge on any atom is -0.505 e. The van der Waals surface area contributed by atoms with Gasteiger partial charge in [0.1, 0.15) is 17.1 Å². The Morgan fingerprint density at radius 3 is 1.12 bits per heavy atom. The van der Waals surface area contributed by atoms with Crippen LogP contribution in [0.3, 0.4) is 0 Å². The van der Waals surface area contributed by atoms with Crippen LogP contribution in [0.5, 0.6) is 11.5 Å². The van der Waals surface area contributed by atoms with Gasteiger partial charge >= 0.3 is 0 Å². The number of phenols is 2. The minimum atomic E-state index is -0.943. The first-order chi connectivity index (χ1) is 38.8. The quantitative estimate of drug-likeness (QED) is 0.0298. The van der Waals surface area contributed by atoms with Gasteiger partial charge in [0.15, 0.2) is 11.5 Å². The van der Waals surface area contributed by atoms with Crippen LogP contribution < -0.4 is 21.3 Å². The van der Waals surface area contributed by atoms with Crippen molar-refractivity contribution < 1.29 is 49.1 Å². The van der Waals surface area contributed by atoms with Crippen LogP contribution in [0.4, 0.5) is 68.2 Å². The maximum atomic E-state index is 13.8. The lowest BCUT2D eigenvalue weighted by molar-refractivity contribution is -0.385. The molecule has 27 heteroatoms. The Balaban J connectivity index is 1.05. The van der Waals surface area contributed by atoms with Gasteiger partial charge in [-0.3, -0.25) is 59.6 Å². The van der Waals surface area contributed by atoms with Crippen molar-refractivity contribution in [1.29, 1.82) is 0 Å². The number of benzene rings is 9. The summed E-state index contributed by atoms with van der Waals surface area (Å²) in [5.41, 5.74) is -2.28. The average molecular weight is 1110 g/mol. The fourth-order valence-corrected chi connectivity index (χ4v) is 8.24. The number of phenolic OH excluding ortho intramolecular Hbond substituents is 2. The predicted octanol–water partition coefficient (Wildman–Crippen LogP) is 13.5.